The van der Waals surface area contributed by atoms with Gasteiger partial charge in [-0.2, -0.15) is 12.6 Å². The molecule has 2 aromatic rings. The minimum atomic E-state index is 0.778. The van der Waals surface area contributed by atoms with Gasteiger partial charge in [0.15, 0.2) is 0 Å². The summed E-state index contributed by atoms with van der Waals surface area (Å²) in [5, 5.41) is 0. The predicted molar refractivity (Wildman–Crippen MR) is 79.0 cm³/mol. The molecule has 0 spiro atoms. The standard InChI is InChI=1S/C16H17NS/c18-11-15-14-9-5-4-8-13(14)10-17-16(15)12-6-2-1-3-7-12/h1-3,6-7,10,18H,4-5,8-9,11H2. The van der Waals surface area contributed by atoms with E-state index in [1.54, 1.807) is 0 Å². The van der Waals surface area contributed by atoms with Gasteiger partial charge in [-0.1, -0.05) is 30.3 Å². The van der Waals surface area contributed by atoms with Gasteiger partial charge >= 0.3 is 0 Å². The summed E-state index contributed by atoms with van der Waals surface area (Å²) in [6, 6.07) is 10.4. The summed E-state index contributed by atoms with van der Waals surface area (Å²) in [4.78, 5) is 4.68. The highest BCUT2D eigenvalue weighted by atomic mass is 32.1. The molecule has 1 heterocycles. The number of benzene rings is 1. The molecule has 0 fully saturated rings. The van der Waals surface area contributed by atoms with Crippen LogP contribution >= 0.6 is 12.6 Å². The van der Waals surface area contributed by atoms with Crippen LogP contribution in [0.2, 0.25) is 0 Å². The fraction of sp³-hybridized carbons (Fsp3) is 0.312. The van der Waals surface area contributed by atoms with Gasteiger partial charge in [0.2, 0.25) is 0 Å². The summed E-state index contributed by atoms with van der Waals surface area (Å²) in [5.41, 5.74) is 6.60. The molecule has 0 N–H and O–H groups in total. The summed E-state index contributed by atoms with van der Waals surface area (Å²) in [7, 11) is 0. The highest BCUT2D eigenvalue weighted by Crippen LogP contribution is 2.31. The van der Waals surface area contributed by atoms with Crippen LogP contribution in [0.3, 0.4) is 0 Å². The van der Waals surface area contributed by atoms with E-state index in [1.165, 1.54) is 47.9 Å². The number of aryl methyl sites for hydroxylation is 1. The number of rotatable bonds is 2. The van der Waals surface area contributed by atoms with Crippen LogP contribution in [0.4, 0.5) is 0 Å². The summed E-state index contributed by atoms with van der Waals surface area (Å²) in [6.07, 6.45) is 7.03. The van der Waals surface area contributed by atoms with Crippen molar-refractivity contribution < 1.29 is 0 Å². The Balaban J connectivity index is 2.16. The first-order valence-electron chi connectivity index (χ1n) is 6.56. The molecule has 1 aliphatic carbocycles. The van der Waals surface area contributed by atoms with Gasteiger partial charge in [0, 0.05) is 17.5 Å². The van der Waals surface area contributed by atoms with Crippen LogP contribution in [0.1, 0.15) is 29.5 Å². The van der Waals surface area contributed by atoms with E-state index in [-0.39, 0.29) is 0 Å². The second kappa shape index (κ2) is 5.15. The van der Waals surface area contributed by atoms with Crippen molar-refractivity contribution in [3.05, 3.63) is 53.2 Å². The molecule has 0 atom stereocenters. The maximum Gasteiger partial charge on any atom is 0.0745 e. The lowest BCUT2D eigenvalue weighted by molar-refractivity contribution is 0.678. The van der Waals surface area contributed by atoms with Crippen molar-refractivity contribution in [3.8, 4) is 11.3 Å². The monoisotopic (exact) mass is 255 g/mol. The molecule has 0 radical (unpaired) electrons. The van der Waals surface area contributed by atoms with E-state index in [0.717, 1.165) is 11.4 Å². The van der Waals surface area contributed by atoms with Gasteiger partial charge in [0.1, 0.15) is 0 Å². The Morgan fingerprint density at radius 2 is 1.83 bits per heavy atom. The Morgan fingerprint density at radius 1 is 1.06 bits per heavy atom. The van der Waals surface area contributed by atoms with Crippen LogP contribution in [0, 0.1) is 0 Å². The van der Waals surface area contributed by atoms with Gasteiger partial charge in [-0.05, 0) is 42.4 Å². The van der Waals surface area contributed by atoms with Crippen LogP contribution in [0.25, 0.3) is 11.3 Å². The van der Waals surface area contributed by atoms with Gasteiger partial charge in [-0.3, -0.25) is 4.98 Å². The zero-order valence-corrected chi connectivity index (χ0v) is 11.3. The van der Waals surface area contributed by atoms with E-state index in [2.05, 4.69) is 48.1 Å². The molecule has 0 saturated carbocycles. The summed E-state index contributed by atoms with van der Waals surface area (Å²) in [6.45, 7) is 0. The molecule has 1 aromatic carbocycles. The maximum absolute atomic E-state index is 4.68. The second-order valence-electron chi connectivity index (χ2n) is 4.82. The van der Waals surface area contributed by atoms with Crippen molar-refractivity contribution in [2.75, 3.05) is 0 Å². The lowest BCUT2D eigenvalue weighted by atomic mass is 9.88. The number of thiol groups is 1. The van der Waals surface area contributed by atoms with Crippen molar-refractivity contribution >= 4 is 12.6 Å². The van der Waals surface area contributed by atoms with Crippen LogP contribution in [-0.4, -0.2) is 4.98 Å². The molecular formula is C16H17NS. The largest absolute Gasteiger partial charge is 0.256 e. The molecule has 92 valence electrons. The molecule has 1 nitrogen and oxygen atoms in total. The topological polar surface area (TPSA) is 12.9 Å². The Bertz CT molecular complexity index is 549. The van der Waals surface area contributed by atoms with Crippen molar-refractivity contribution in [1.82, 2.24) is 4.98 Å². The molecule has 1 aromatic heterocycles. The number of nitrogens with zero attached hydrogens (tertiary/aromatic N) is 1. The van der Waals surface area contributed by atoms with Crippen LogP contribution < -0.4 is 0 Å². The zero-order chi connectivity index (χ0) is 12.4. The van der Waals surface area contributed by atoms with Crippen molar-refractivity contribution in [2.24, 2.45) is 0 Å². The second-order valence-corrected chi connectivity index (χ2v) is 5.14. The van der Waals surface area contributed by atoms with Gasteiger partial charge < -0.3 is 0 Å². The van der Waals surface area contributed by atoms with Gasteiger partial charge in [-0.15, -0.1) is 0 Å². The Hall–Kier alpha value is -1.28. The highest BCUT2D eigenvalue weighted by Gasteiger charge is 2.17. The predicted octanol–water partition coefficient (Wildman–Crippen LogP) is 4.06. The number of hydrogen-bond donors (Lipinski definition) is 1. The van der Waals surface area contributed by atoms with Crippen molar-refractivity contribution in [1.29, 1.82) is 0 Å². The lowest BCUT2D eigenvalue weighted by Gasteiger charge is -2.20. The number of pyridine rings is 1. The number of aromatic nitrogens is 1. The van der Waals surface area contributed by atoms with E-state index < -0.39 is 0 Å². The fourth-order valence-corrected chi connectivity index (χ4v) is 3.13. The molecule has 0 bridgehead atoms. The van der Waals surface area contributed by atoms with Crippen LogP contribution in [0.15, 0.2) is 36.5 Å². The Labute approximate surface area is 114 Å². The first-order chi connectivity index (χ1) is 8.90. The Kier molecular flexibility index (Phi) is 3.37. The molecule has 3 rings (SSSR count). The maximum atomic E-state index is 4.68. The first kappa shape index (κ1) is 11.8. The van der Waals surface area contributed by atoms with Gasteiger partial charge in [0.25, 0.3) is 0 Å². The molecule has 0 saturated heterocycles. The Morgan fingerprint density at radius 3 is 2.61 bits per heavy atom. The van der Waals surface area contributed by atoms with E-state index in [1.807, 2.05) is 6.07 Å². The van der Waals surface area contributed by atoms with E-state index in [4.69, 9.17) is 0 Å². The third-order valence-electron chi connectivity index (χ3n) is 3.72. The molecule has 0 aliphatic heterocycles. The van der Waals surface area contributed by atoms with E-state index in [9.17, 15) is 0 Å². The van der Waals surface area contributed by atoms with Crippen LogP contribution in [-0.2, 0) is 18.6 Å². The molecule has 1 aliphatic rings. The van der Waals surface area contributed by atoms with Crippen molar-refractivity contribution in [3.63, 3.8) is 0 Å². The number of fused-ring (bicyclic) bond motifs is 1. The van der Waals surface area contributed by atoms with Crippen molar-refractivity contribution in [2.45, 2.75) is 31.4 Å². The summed E-state index contributed by atoms with van der Waals surface area (Å²) in [5.74, 6) is 0.778. The SMILES string of the molecule is SCc1c(-c2ccccc2)ncc2c1CCCC2. The van der Waals surface area contributed by atoms with E-state index in [0.29, 0.717) is 0 Å². The third-order valence-corrected chi connectivity index (χ3v) is 4.03. The average Bonchev–Trinajstić information content (AvgIpc) is 2.47. The highest BCUT2D eigenvalue weighted by molar-refractivity contribution is 7.79. The molecule has 18 heavy (non-hydrogen) atoms. The van der Waals surface area contributed by atoms with Gasteiger partial charge in [-0.25, -0.2) is 0 Å². The summed E-state index contributed by atoms with van der Waals surface area (Å²) >= 11 is 4.52. The lowest BCUT2D eigenvalue weighted by Crippen LogP contribution is -2.08. The molecule has 2 heteroatoms. The minimum absolute atomic E-state index is 0.778. The third kappa shape index (κ3) is 2.05. The first-order valence-corrected chi connectivity index (χ1v) is 7.19. The zero-order valence-electron chi connectivity index (χ0n) is 10.4. The van der Waals surface area contributed by atoms with Gasteiger partial charge in [0.05, 0.1) is 5.69 Å². The smallest absolute Gasteiger partial charge is 0.0745 e. The number of hydrogen-bond acceptors (Lipinski definition) is 2. The average molecular weight is 255 g/mol. The minimum Gasteiger partial charge on any atom is -0.256 e. The molecule has 0 amide bonds. The molecule has 0 unspecified atom stereocenters. The van der Waals surface area contributed by atoms with Crippen LogP contribution in [0.5, 0.6) is 0 Å². The normalized spacial score (nSPS) is 14.3. The quantitative estimate of drug-likeness (QED) is 0.799. The fourth-order valence-electron chi connectivity index (χ4n) is 2.79. The molecular weight excluding hydrogens is 238 g/mol. The van der Waals surface area contributed by atoms with E-state index >= 15 is 0 Å². The summed E-state index contributed by atoms with van der Waals surface area (Å²) < 4.78 is 0.